The maximum atomic E-state index is 12.0. The smallest absolute Gasteiger partial charge is 0.292 e. The molecule has 0 aliphatic heterocycles. The van der Waals surface area contributed by atoms with Crippen LogP contribution in [-0.4, -0.2) is 14.8 Å². The van der Waals surface area contributed by atoms with Crippen molar-refractivity contribution in [2.24, 2.45) is 0 Å². The van der Waals surface area contributed by atoms with E-state index in [2.05, 4.69) is 21.3 Å². The van der Waals surface area contributed by atoms with Crippen molar-refractivity contribution in [3.05, 3.63) is 37.7 Å². The van der Waals surface area contributed by atoms with E-state index in [0.717, 1.165) is 10.7 Å². The lowest BCUT2D eigenvalue weighted by molar-refractivity contribution is 0.664. The molecular formula is C12H11ClN4OS. The van der Waals surface area contributed by atoms with Gasteiger partial charge in [-0.2, -0.15) is 5.10 Å². The van der Waals surface area contributed by atoms with E-state index in [-0.39, 0.29) is 17.1 Å². The molecule has 0 amide bonds. The molecule has 0 aliphatic rings. The van der Waals surface area contributed by atoms with Gasteiger partial charge in [-0.15, -0.1) is 17.8 Å². The number of nitrogens with one attached hydrogen (secondary N) is 1. The number of aromatic nitrogens is 3. The maximum Gasteiger partial charge on any atom is 0.292 e. The van der Waals surface area contributed by atoms with Crippen molar-refractivity contribution >= 4 is 28.6 Å². The van der Waals surface area contributed by atoms with Crippen LogP contribution in [0, 0.1) is 19.3 Å². The van der Waals surface area contributed by atoms with E-state index >= 15 is 0 Å². The minimum absolute atomic E-state index is 0.112. The summed E-state index contributed by atoms with van der Waals surface area (Å²) >= 11 is 7.49. The molecule has 0 aromatic carbocycles. The van der Waals surface area contributed by atoms with Crippen molar-refractivity contribution < 1.29 is 0 Å². The lowest BCUT2D eigenvalue weighted by Crippen LogP contribution is -2.25. The van der Waals surface area contributed by atoms with E-state index in [1.54, 1.807) is 0 Å². The summed E-state index contributed by atoms with van der Waals surface area (Å²) in [6.45, 7) is 2.47. The molecule has 1 N–H and O–H groups in total. The highest BCUT2D eigenvalue weighted by Gasteiger charge is 2.10. The van der Waals surface area contributed by atoms with Crippen LogP contribution in [0.4, 0.5) is 5.69 Å². The van der Waals surface area contributed by atoms with E-state index < -0.39 is 0 Å². The van der Waals surface area contributed by atoms with Gasteiger partial charge in [0.25, 0.3) is 5.56 Å². The molecule has 0 fully saturated rings. The highest BCUT2D eigenvalue weighted by molar-refractivity contribution is 7.09. The van der Waals surface area contributed by atoms with E-state index in [0.29, 0.717) is 12.2 Å². The molecule has 2 rings (SSSR count). The number of thiazole rings is 1. The third kappa shape index (κ3) is 3.13. The zero-order valence-corrected chi connectivity index (χ0v) is 11.8. The summed E-state index contributed by atoms with van der Waals surface area (Å²) in [7, 11) is 0. The summed E-state index contributed by atoms with van der Waals surface area (Å²) < 4.78 is 1.18. The molecule has 0 bridgehead atoms. The standard InChI is InChI=1S/C12H11ClN4OS/c1-3-4-17-12(18)11(9(13)5-15-17)14-6-10-16-8(2)7-19-10/h1,5,7,14H,4,6H2,2H3. The Labute approximate surface area is 119 Å². The summed E-state index contributed by atoms with van der Waals surface area (Å²) in [5, 5.41) is 9.95. The number of anilines is 1. The highest BCUT2D eigenvalue weighted by Crippen LogP contribution is 2.17. The Morgan fingerprint density at radius 3 is 3.05 bits per heavy atom. The van der Waals surface area contributed by atoms with Gasteiger partial charge in [0.15, 0.2) is 0 Å². The minimum atomic E-state index is -0.335. The van der Waals surface area contributed by atoms with Crippen molar-refractivity contribution in [3.63, 3.8) is 0 Å². The van der Waals surface area contributed by atoms with E-state index in [1.165, 1.54) is 22.2 Å². The topological polar surface area (TPSA) is 59.8 Å². The Balaban J connectivity index is 2.22. The van der Waals surface area contributed by atoms with E-state index in [4.69, 9.17) is 18.0 Å². The lowest BCUT2D eigenvalue weighted by Gasteiger charge is -2.07. The zero-order chi connectivity index (χ0) is 13.8. The second kappa shape index (κ2) is 5.87. The quantitative estimate of drug-likeness (QED) is 0.875. The van der Waals surface area contributed by atoms with Gasteiger partial charge in [-0.3, -0.25) is 4.79 Å². The third-order valence-corrected chi connectivity index (χ3v) is 3.57. The van der Waals surface area contributed by atoms with Crippen molar-refractivity contribution in [2.75, 3.05) is 5.32 Å². The average molecular weight is 295 g/mol. The summed E-state index contributed by atoms with van der Waals surface area (Å²) in [6, 6.07) is 0. The fourth-order valence-electron chi connectivity index (χ4n) is 1.48. The number of aryl methyl sites for hydroxylation is 1. The van der Waals surface area contributed by atoms with Crippen LogP contribution in [-0.2, 0) is 13.1 Å². The molecule has 0 atom stereocenters. The Bertz CT molecular complexity index is 686. The number of terminal acetylenes is 1. The molecule has 2 aromatic heterocycles. The number of hydrogen-bond donors (Lipinski definition) is 1. The summed E-state index contributed by atoms with van der Waals surface area (Å²) in [5.41, 5.74) is 0.908. The van der Waals surface area contributed by atoms with Crippen LogP contribution in [0.5, 0.6) is 0 Å². The first-order valence-electron chi connectivity index (χ1n) is 5.45. The number of rotatable bonds is 4. The second-order valence-corrected chi connectivity index (χ2v) is 5.12. The van der Waals surface area contributed by atoms with Gasteiger partial charge >= 0.3 is 0 Å². The van der Waals surface area contributed by atoms with Gasteiger partial charge in [0.05, 0.1) is 17.8 Å². The molecule has 19 heavy (non-hydrogen) atoms. The van der Waals surface area contributed by atoms with Crippen molar-refractivity contribution in [1.82, 2.24) is 14.8 Å². The molecule has 0 aliphatic carbocycles. The van der Waals surface area contributed by atoms with Gasteiger partial charge in [-0.05, 0) is 6.92 Å². The Kier molecular flexibility index (Phi) is 4.20. The van der Waals surface area contributed by atoms with Crippen molar-refractivity contribution in [1.29, 1.82) is 0 Å². The predicted octanol–water partition coefficient (Wildman–Crippen LogP) is 1.91. The SMILES string of the molecule is C#CCn1ncc(Cl)c(NCc2nc(C)cs2)c1=O. The Morgan fingerprint density at radius 2 is 2.42 bits per heavy atom. The van der Waals surface area contributed by atoms with E-state index in [9.17, 15) is 4.79 Å². The molecule has 0 saturated heterocycles. The lowest BCUT2D eigenvalue weighted by atomic mass is 10.4. The van der Waals surface area contributed by atoms with E-state index in [1.807, 2.05) is 12.3 Å². The first-order valence-corrected chi connectivity index (χ1v) is 6.71. The average Bonchev–Trinajstić information content (AvgIpc) is 2.79. The third-order valence-electron chi connectivity index (χ3n) is 2.32. The monoisotopic (exact) mass is 294 g/mol. The first-order chi connectivity index (χ1) is 9.11. The van der Waals surface area contributed by atoms with Crippen molar-refractivity contribution in [2.45, 2.75) is 20.0 Å². The first kappa shape index (κ1) is 13.6. The maximum absolute atomic E-state index is 12.0. The van der Waals surface area contributed by atoms with Crippen LogP contribution in [0.1, 0.15) is 10.7 Å². The molecular weight excluding hydrogens is 284 g/mol. The second-order valence-electron chi connectivity index (χ2n) is 3.77. The molecule has 98 valence electrons. The fraction of sp³-hybridized carbons (Fsp3) is 0.250. The number of hydrogen-bond acceptors (Lipinski definition) is 5. The Hall–Kier alpha value is -1.84. The molecule has 0 spiro atoms. The van der Waals surface area contributed by atoms with Gasteiger partial charge in [0, 0.05) is 11.1 Å². The molecule has 0 saturated carbocycles. The van der Waals surface area contributed by atoms with Crippen LogP contribution < -0.4 is 10.9 Å². The van der Waals surface area contributed by atoms with Gasteiger partial charge in [0.2, 0.25) is 0 Å². The molecule has 2 heterocycles. The summed E-state index contributed by atoms with van der Waals surface area (Å²) in [6.07, 6.45) is 6.57. The van der Waals surface area contributed by atoms with Crippen LogP contribution in [0.15, 0.2) is 16.4 Å². The van der Waals surface area contributed by atoms with Crippen LogP contribution in [0.25, 0.3) is 0 Å². The fourth-order valence-corrected chi connectivity index (χ4v) is 2.38. The largest absolute Gasteiger partial charge is 0.373 e. The highest BCUT2D eigenvalue weighted by atomic mass is 35.5. The predicted molar refractivity (Wildman–Crippen MR) is 76.5 cm³/mol. The van der Waals surface area contributed by atoms with Gasteiger partial charge in [-0.25, -0.2) is 9.67 Å². The summed E-state index contributed by atoms with van der Waals surface area (Å²) in [4.78, 5) is 16.3. The van der Waals surface area contributed by atoms with Gasteiger partial charge in [-0.1, -0.05) is 17.5 Å². The van der Waals surface area contributed by atoms with Crippen LogP contribution >= 0.6 is 22.9 Å². The van der Waals surface area contributed by atoms with Gasteiger partial charge in [0.1, 0.15) is 17.2 Å². The Morgan fingerprint density at radius 1 is 1.63 bits per heavy atom. The molecule has 2 aromatic rings. The summed E-state index contributed by atoms with van der Waals surface area (Å²) in [5.74, 6) is 2.37. The molecule has 0 radical (unpaired) electrons. The van der Waals surface area contributed by atoms with Crippen LogP contribution in [0.3, 0.4) is 0 Å². The van der Waals surface area contributed by atoms with Gasteiger partial charge < -0.3 is 5.32 Å². The number of nitrogens with zero attached hydrogens (tertiary/aromatic N) is 3. The minimum Gasteiger partial charge on any atom is -0.373 e. The zero-order valence-electron chi connectivity index (χ0n) is 10.2. The normalized spacial score (nSPS) is 10.2. The molecule has 7 heteroatoms. The number of halogens is 1. The van der Waals surface area contributed by atoms with Crippen LogP contribution in [0.2, 0.25) is 5.02 Å². The molecule has 0 unspecified atom stereocenters. The molecule has 5 nitrogen and oxygen atoms in total. The van der Waals surface area contributed by atoms with Crippen molar-refractivity contribution in [3.8, 4) is 12.3 Å².